The maximum atomic E-state index is 13.8. The molecule has 0 aliphatic carbocycles. The third kappa shape index (κ3) is 7.50. The number of carbonyl (C=O) groups is 2. The van der Waals surface area contributed by atoms with Crippen molar-refractivity contribution >= 4 is 56.4 Å². The van der Waals surface area contributed by atoms with Crippen molar-refractivity contribution < 1.29 is 22.9 Å². The Kier molecular flexibility index (Phi) is 10.1. The van der Waals surface area contributed by atoms with Gasteiger partial charge in [0.1, 0.15) is 12.6 Å². The van der Waals surface area contributed by atoms with Gasteiger partial charge < -0.3 is 10.2 Å². The first-order chi connectivity index (χ1) is 18.8. The molecule has 0 spiro atoms. The molecule has 1 atom stereocenters. The molecule has 40 heavy (non-hydrogen) atoms. The summed E-state index contributed by atoms with van der Waals surface area (Å²) >= 11 is 12.2. The molecular formula is C27H28Cl2N4O6S. The molecule has 0 saturated heterocycles. The van der Waals surface area contributed by atoms with Crippen molar-refractivity contribution in [3.63, 3.8) is 0 Å². The fourth-order valence-corrected chi connectivity index (χ4v) is 5.57. The monoisotopic (exact) mass is 606 g/mol. The number of hydrogen-bond acceptors (Lipinski definition) is 6. The Hall–Kier alpha value is -3.67. The molecule has 212 valence electrons. The largest absolute Gasteiger partial charge is 0.352 e. The molecule has 3 aromatic rings. The molecule has 0 aliphatic rings. The van der Waals surface area contributed by atoms with Crippen LogP contribution < -0.4 is 9.62 Å². The average molecular weight is 608 g/mol. The number of halogens is 2. The van der Waals surface area contributed by atoms with Crippen LogP contribution in [0.2, 0.25) is 10.0 Å². The summed E-state index contributed by atoms with van der Waals surface area (Å²) in [4.78, 5) is 38.5. The number of non-ortho nitro benzene ring substituents is 1. The van der Waals surface area contributed by atoms with E-state index in [1.807, 2.05) is 0 Å². The third-order valence-electron chi connectivity index (χ3n) is 5.89. The van der Waals surface area contributed by atoms with Crippen LogP contribution in [0.1, 0.15) is 26.3 Å². The zero-order valence-corrected chi connectivity index (χ0v) is 24.3. The second kappa shape index (κ2) is 13.1. The van der Waals surface area contributed by atoms with Crippen molar-refractivity contribution in [2.45, 2.75) is 44.3 Å². The quantitative estimate of drug-likeness (QED) is 0.240. The minimum Gasteiger partial charge on any atom is -0.352 e. The summed E-state index contributed by atoms with van der Waals surface area (Å²) in [6, 6.07) is 15.9. The molecule has 0 bridgehead atoms. The molecule has 0 radical (unpaired) electrons. The van der Waals surface area contributed by atoms with E-state index in [1.54, 1.807) is 38.1 Å². The Labute approximate surface area is 242 Å². The van der Waals surface area contributed by atoms with Gasteiger partial charge in [-0.15, -0.1) is 0 Å². The molecule has 0 aliphatic heterocycles. The number of sulfonamides is 1. The van der Waals surface area contributed by atoms with Crippen LogP contribution in [0.25, 0.3) is 0 Å². The predicted molar refractivity (Wildman–Crippen MR) is 154 cm³/mol. The predicted octanol–water partition coefficient (Wildman–Crippen LogP) is 5.04. The molecule has 0 saturated carbocycles. The van der Waals surface area contributed by atoms with E-state index in [0.29, 0.717) is 10.6 Å². The number of nitro groups is 1. The topological polar surface area (TPSA) is 130 Å². The van der Waals surface area contributed by atoms with Gasteiger partial charge in [0.2, 0.25) is 11.8 Å². The minimum absolute atomic E-state index is 0.0385. The second-order valence-corrected chi connectivity index (χ2v) is 11.9. The Balaban J connectivity index is 2.05. The molecule has 13 heteroatoms. The number of nitrogens with zero attached hydrogens (tertiary/aromatic N) is 3. The van der Waals surface area contributed by atoms with Gasteiger partial charge >= 0.3 is 0 Å². The van der Waals surface area contributed by atoms with E-state index in [4.69, 9.17) is 23.2 Å². The molecule has 0 heterocycles. The fourth-order valence-electron chi connectivity index (χ4n) is 3.81. The van der Waals surface area contributed by atoms with Gasteiger partial charge in [0.15, 0.2) is 0 Å². The fraction of sp³-hybridized carbons (Fsp3) is 0.259. The van der Waals surface area contributed by atoms with E-state index in [0.717, 1.165) is 16.4 Å². The standard InChI is InChI=1S/C27H28Cl2N4O6S/c1-18(2)30-27(35)19(3)31(16-20-9-14-24(28)25(29)15-20)26(34)17-32(21-10-12-22(13-11-21)33(36)37)40(38,39)23-7-5-4-6-8-23/h4-15,18-19H,16-17H2,1-3H3,(H,30,35). The Morgan fingerprint density at radius 1 is 0.950 bits per heavy atom. The number of anilines is 1. The first-order valence-electron chi connectivity index (χ1n) is 12.2. The van der Waals surface area contributed by atoms with Gasteiger partial charge in [0.05, 0.1) is 25.6 Å². The molecule has 0 aromatic heterocycles. The van der Waals surface area contributed by atoms with Crippen molar-refractivity contribution in [1.29, 1.82) is 0 Å². The summed E-state index contributed by atoms with van der Waals surface area (Å²) in [5, 5.41) is 14.5. The maximum Gasteiger partial charge on any atom is 0.269 e. The molecule has 1 unspecified atom stereocenters. The summed E-state index contributed by atoms with van der Waals surface area (Å²) in [7, 11) is -4.29. The summed E-state index contributed by atoms with van der Waals surface area (Å²) in [6.07, 6.45) is 0. The third-order valence-corrected chi connectivity index (χ3v) is 8.42. The first kappa shape index (κ1) is 30.9. The van der Waals surface area contributed by atoms with Crippen LogP contribution in [0.3, 0.4) is 0 Å². The summed E-state index contributed by atoms with van der Waals surface area (Å²) in [5.74, 6) is -1.12. The van der Waals surface area contributed by atoms with E-state index < -0.39 is 39.3 Å². The summed E-state index contributed by atoms with van der Waals surface area (Å²) in [5.41, 5.74) is 0.365. The second-order valence-electron chi connectivity index (χ2n) is 9.21. The molecule has 0 fully saturated rings. The normalized spacial score (nSPS) is 12.1. The minimum atomic E-state index is -4.29. The van der Waals surface area contributed by atoms with Crippen LogP contribution in [-0.4, -0.2) is 48.7 Å². The highest BCUT2D eigenvalue weighted by Gasteiger charge is 2.33. The van der Waals surface area contributed by atoms with Crippen LogP contribution in [0.15, 0.2) is 77.7 Å². The van der Waals surface area contributed by atoms with Gasteiger partial charge in [-0.1, -0.05) is 47.5 Å². The van der Waals surface area contributed by atoms with Crippen molar-refractivity contribution in [2.75, 3.05) is 10.8 Å². The van der Waals surface area contributed by atoms with Gasteiger partial charge in [-0.25, -0.2) is 8.42 Å². The van der Waals surface area contributed by atoms with Crippen LogP contribution in [0, 0.1) is 10.1 Å². The number of rotatable bonds is 11. The number of carbonyl (C=O) groups excluding carboxylic acids is 2. The lowest BCUT2D eigenvalue weighted by atomic mass is 10.1. The highest BCUT2D eigenvalue weighted by molar-refractivity contribution is 7.92. The van der Waals surface area contributed by atoms with Gasteiger partial charge in [-0.2, -0.15) is 0 Å². The zero-order valence-electron chi connectivity index (χ0n) is 22.0. The van der Waals surface area contributed by atoms with Gasteiger partial charge in [0.25, 0.3) is 15.7 Å². The zero-order chi connectivity index (χ0) is 29.6. The van der Waals surface area contributed by atoms with Crippen molar-refractivity contribution in [3.05, 3.63) is 98.5 Å². The Morgan fingerprint density at radius 2 is 1.57 bits per heavy atom. The molecule has 10 nitrogen and oxygen atoms in total. The lowest BCUT2D eigenvalue weighted by Crippen LogP contribution is -2.52. The van der Waals surface area contributed by atoms with Crippen LogP contribution >= 0.6 is 23.2 Å². The van der Waals surface area contributed by atoms with Gasteiger partial charge in [-0.05, 0) is 62.7 Å². The maximum absolute atomic E-state index is 13.8. The molecule has 1 N–H and O–H groups in total. The molecule has 3 rings (SSSR count). The highest BCUT2D eigenvalue weighted by atomic mass is 35.5. The number of nitrogens with one attached hydrogen (secondary N) is 1. The average Bonchev–Trinajstić information content (AvgIpc) is 2.91. The SMILES string of the molecule is CC(C)NC(=O)C(C)N(Cc1ccc(Cl)c(Cl)c1)C(=O)CN(c1ccc([N+](=O)[O-])cc1)S(=O)(=O)c1ccccc1. The lowest BCUT2D eigenvalue weighted by Gasteiger charge is -2.32. The number of amides is 2. The van der Waals surface area contributed by atoms with Crippen molar-refractivity contribution in [2.24, 2.45) is 0 Å². The lowest BCUT2D eigenvalue weighted by molar-refractivity contribution is -0.384. The van der Waals surface area contributed by atoms with Crippen LogP contribution in [0.5, 0.6) is 0 Å². The summed E-state index contributed by atoms with van der Waals surface area (Å²) in [6.45, 7) is 4.34. The molecular weight excluding hydrogens is 579 g/mol. The number of benzene rings is 3. The van der Waals surface area contributed by atoms with E-state index in [9.17, 15) is 28.1 Å². The van der Waals surface area contributed by atoms with Crippen LogP contribution in [-0.2, 0) is 26.2 Å². The Bertz CT molecular complexity index is 1480. The van der Waals surface area contributed by atoms with Crippen molar-refractivity contribution in [3.8, 4) is 0 Å². The van der Waals surface area contributed by atoms with E-state index in [1.165, 1.54) is 48.2 Å². The van der Waals surface area contributed by atoms with Crippen molar-refractivity contribution in [1.82, 2.24) is 10.2 Å². The van der Waals surface area contributed by atoms with Gasteiger partial charge in [0, 0.05) is 24.7 Å². The number of hydrogen-bond donors (Lipinski definition) is 1. The summed E-state index contributed by atoms with van der Waals surface area (Å²) < 4.78 is 28.3. The Morgan fingerprint density at radius 3 is 2.12 bits per heavy atom. The van der Waals surface area contributed by atoms with Crippen LogP contribution in [0.4, 0.5) is 11.4 Å². The van der Waals surface area contributed by atoms with E-state index in [-0.39, 0.29) is 33.9 Å². The molecule has 3 aromatic carbocycles. The number of nitro benzene ring substituents is 1. The highest BCUT2D eigenvalue weighted by Crippen LogP contribution is 2.27. The van der Waals surface area contributed by atoms with E-state index in [2.05, 4.69) is 5.32 Å². The van der Waals surface area contributed by atoms with Gasteiger partial charge in [-0.3, -0.25) is 24.0 Å². The van der Waals surface area contributed by atoms with E-state index >= 15 is 0 Å². The first-order valence-corrected chi connectivity index (χ1v) is 14.4. The smallest absolute Gasteiger partial charge is 0.269 e. The molecule has 2 amide bonds.